The van der Waals surface area contributed by atoms with Crippen molar-refractivity contribution in [1.82, 2.24) is 0 Å². The van der Waals surface area contributed by atoms with Gasteiger partial charge in [0.15, 0.2) is 0 Å². The van der Waals surface area contributed by atoms with Gasteiger partial charge >= 0.3 is 19.2 Å². The first kappa shape index (κ1) is 21.2. The molecule has 1 unspecified atom stereocenters. The molecule has 9 heteroatoms. The topological polar surface area (TPSA) is 61.8 Å². The van der Waals surface area contributed by atoms with Crippen LogP contribution in [0.5, 0.6) is 0 Å². The molecule has 0 aromatic carbocycles. The van der Waals surface area contributed by atoms with Crippen LogP contribution >= 0.6 is 30.2 Å². The van der Waals surface area contributed by atoms with E-state index in [2.05, 4.69) is 0 Å². The summed E-state index contributed by atoms with van der Waals surface area (Å²) in [6, 6.07) is 0. The molecule has 0 aliphatic carbocycles. The summed E-state index contributed by atoms with van der Waals surface area (Å²) in [6.45, 7) is 4.24. The summed E-state index contributed by atoms with van der Waals surface area (Å²) in [5.74, 6) is -0.400. The second kappa shape index (κ2) is 10.1. The molecular formula is C12H22F2IO5P. The highest BCUT2D eigenvalue weighted by Gasteiger charge is 2.53. The Morgan fingerprint density at radius 3 is 2.24 bits per heavy atom. The van der Waals surface area contributed by atoms with E-state index in [1.165, 1.54) is 20.8 Å². The van der Waals surface area contributed by atoms with Gasteiger partial charge in [-0.1, -0.05) is 22.6 Å². The van der Waals surface area contributed by atoms with Gasteiger partial charge in [-0.3, -0.25) is 9.36 Å². The summed E-state index contributed by atoms with van der Waals surface area (Å²) in [5.41, 5.74) is -3.54. The third-order valence-electron chi connectivity index (χ3n) is 2.43. The van der Waals surface area contributed by atoms with Crippen molar-refractivity contribution in [3.63, 3.8) is 0 Å². The molecule has 0 saturated carbocycles. The number of ether oxygens (including phenoxy) is 1. The van der Waals surface area contributed by atoms with E-state index in [1.54, 1.807) is 0 Å². The lowest BCUT2D eigenvalue weighted by Gasteiger charge is -2.27. The molecule has 0 fully saturated rings. The Bertz CT molecular complexity index is 358. The number of carbonyl (C=O) groups excluding carboxylic acids is 1. The number of rotatable bonds is 11. The molecule has 0 aromatic rings. The highest BCUT2D eigenvalue weighted by Crippen LogP contribution is 2.64. The fraction of sp³-hybridized carbons (Fsp3) is 0.917. The van der Waals surface area contributed by atoms with Gasteiger partial charge in [-0.15, -0.1) is 0 Å². The third kappa shape index (κ3) is 7.85. The molecular weight excluding hydrogens is 420 g/mol. The van der Waals surface area contributed by atoms with Gasteiger partial charge in [0.2, 0.25) is 0 Å². The molecule has 0 N–H and O–H groups in total. The molecule has 5 nitrogen and oxygen atoms in total. The van der Waals surface area contributed by atoms with Crippen molar-refractivity contribution in [2.24, 2.45) is 0 Å². The van der Waals surface area contributed by atoms with Gasteiger partial charge in [-0.2, -0.15) is 8.78 Å². The predicted octanol–water partition coefficient (Wildman–Crippen LogP) is 4.38. The summed E-state index contributed by atoms with van der Waals surface area (Å²) in [6.07, 6.45) is 0.281. The van der Waals surface area contributed by atoms with E-state index in [-0.39, 0.29) is 19.8 Å². The maximum absolute atomic E-state index is 14.1. The van der Waals surface area contributed by atoms with Gasteiger partial charge in [0.05, 0.1) is 19.8 Å². The summed E-state index contributed by atoms with van der Waals surface area (Å²) in [5, 5.41) is 0. The van der Waals surface area contributed by atoms with Crippen molar-refractivity contribution >= 4 is 36.2 Å². The minimum absolute atomic E-state index is 0.106. The Morgan fingerprint density at radius 1 is 1.29 bits per heavy atom. The summed E-state index contributed by atoms with van der Waals surface area (Å²) < 4.78 is 54.1. The predicted molar refractivity (Wildman–Crippen MR) is 84.1 cm³/mol. The van der Waals surface area contributed by atoms with E-state index in [9.17, 15) is 18.1 Å². The van der Waals surface area contributed by atoms with Crippen molar-refractivity contribution in [3.8, 4) is 0 Å². The maximum Gasteiger partial charge on any atom is 0.399 e. The van der Waals surface area contributed by atoms with Crippen LogP contribution in [0, 0.1) is 0 Å². The number of hydrogen-bond acceptors (Lipinski definition) is 5. The van der Waals surface area contributed by atoms with Crippen LogP contribution in [-0.2, 0) is 23.1 Å². The van der Waals surface area contributed by atoms with E-state index in [4.69, 9.17) is 13.8 Å². The van der Waals surface area contributed by atoms with Crippen molar-refractivity contribution in [2.75, 3.05) is 19.8 Å². The van der Waals surface area contributed by atoms with Crippen molar-refractivity contribution in [3.05, 3.63) is 0 Å². The van der Waals surface area contributed by atoms with E-state index in [1.807, 2.05) is 22.6 Å². The second-order valence-corrected chi connectivity index (χ2v) is 8.21. The third-order valence-corrected chi connectivity index (χ3v) is 5.68. The Labute approximate surface area is 137 Å². The fourth-order valence-electron chi connectivity index (χ4n) is 1.57. The van der Waals surface area contributed by atoms with E-state index in [0.717, 1.165) is 0 Å². The normalized spacial score (nSPS) is 14.0. The highest BCUT2D eigenvalue weighted by atomic mass is 127. The fourth-order valence-corrected chi connectivity index (χ4v) is 4.49. The number of alkyl halides is 3. The van der Waals surface area contributed by atoms with Crippen LogP contribution < -0.4 is 0 Å². The van der Waals surface area contributed by atoms with Gasteiger partial charge < -0.3 is 13.8 Å². The highest BCUT2D eigenvalue weighted by molar-refractivity contribution is 14.1. The molecule has 0 heterocycles. The van der Waals surface area contributed by atoms with Crippen LogP contribution in [0.4, 0.5) is 8.78 Å². The molecule has 0 aliphatic heterocycles. The van der Waals surface area contributed by atoms with Crippen LogP contribution in [0.3, 0.4) is 0 Å². The molecule has 1 atom stereocenters. The SMILES string of the molecule is CCOP(=O)(OCC)C(F)(F)CC(I)CCCOC(C)=O. The Morgan fingerprint density at radius 2 is 1.81 bits per heavy atom. The minimum atomic E-state index is -4.45. The molecule has 0 rings (SSSR count). The number of hydrogen-bond donors (Lipinski definition) is 0. The smallest absolute Gasteiger partial charge is 0.399 e. The zero-order chi connectivity index (χ0) is 16.5. The molecule has 126 valence electrons. The molecule has 0 aliphatic rings. The van der Waals surface area contributed by atoms with Crippen LogP contribution in [0.1, 0.15) is 40.0 Å². The van der Waals surface area contributed by atoms with Crippen LogP contribution in [-0.4, -0.2) is 35.4 Å². The molecule has 21 heavy (non-hydrogen) atoms. The van der Waals surface area contributed by atoms with E-state index >= 15 is 0 Å². The standard InChI is InChI=1S/C12H22F2IO5P/c1-4-19-21(17,20-5-2)12(13,14)9-11(15)7-6-8-18-10(3)16/h11H,4-9H2,1-3H3. The van der Waals surface area contributed by atoms with Crippen molar-refractivity contribution < 1.29 is 31.9 Å². The Kier molecular flexibility index (Phi) is 10.2. The van der Waals surface area contributed by atoms with Crippen LogP contribution in [0.15, 0.2) is 0 Å². The zero-order valence-corrected chi connectivity index (χ0v) is 15.5. The molecule has 0 bridgehead atoms. The van der Waals surface area contributed by atoms with Gasteiger partial charge in [0, 0.05) is 17.3 Å². The summed E-state index contributed by atoms with van der Waals surface area (Å²) >= 11 is 1.87. The van der Waals surface area contributed by atoms with Crippen LogP contribution in [0.25, 0.3) is 0 Å². The maximum atomic E-state index is 14.1. The molecule has 0 radical (unpaired) electrons. The van der Waals surface area contributed by atoms with Gasteiger partial charge in [-0.05, 0) is 26.7 Å². The van der Waals surface area contributed by atoms with E-state index in [0.29, 0.717) is 12.8 Å². The minimum Gasteiger partial charge on any atom is -0.466 e. The van der Waals surface area contributed by atoms with Gasteiger partial charge in [-0.25, -0.2) is 0 Å². The second-order valence-electron chi connectivity index (χ2n) is 4.28. The molecule has 0 spiro atoms. The van der Waals surface area contributed by atoms with Crippen LogP contribution in [0.2, 0.25) is 0 Å². The Hall–Kier alpha value is 0.210. The number of halogens is 3. The number of esters is 1. The summed E-state index contributed by atoms with van der Waals surface area (Å²) in [4.78, 5) is 10.6. The average molecular weight is 442 g/mol. The lowest BCUT2D eigenvalue weighted by molar-refractivity contribution is -0.141. The number of carbonyl (C=O) groups is 1. The lowest BCUT2D eigenvalue weighted by atomic mass is 10.2. The largest absolute Gasteiger partial charge is 0.466 e. The molecule has 0 saturated heterocycles. The van der Waals surface area contributed by atoms with Crippen molar-refractivity contribution in [1.29, 1.82) is 0 Å². The first-order valence-corrected chi connectivity index (χ1v) is 9.51. The zero-order valence-electron chi connectivity index (χ0n) is 12.4. The lowest BCUT2D eigenvalue weighted by Crippen LogP contribution is -2.24. The summed E-state index contributed by atoms with van der Waals surface area (Å²) in [7, 11) is -4.45. The monoisotopic (exact) mass is 442 g/mol. The van der Waals surface area contributed by atoms with Crippen molar-refractivity contribution in [2.45, 2.75) is 49.6 Å². The van der Waals surface area contributed by atoms with E-state index < -0.39 is 29.6 Å². The first-order chi connectivity index (χ1) is 9.68. The molecule has 0 aromatic heterocycles. The average Bonchev–Trinajstić information content (AvgIpc) is 2.34. The molecule has 0 amide bonds. The quantitative estimate of drug-likeness (QED) is 0.156. The first-order valence-electron chi connectivity index (χ1n) is 6.73. The Balaban J connectivity index is 4.47. The van der Waals surface area contributed by atoms with Gasteiger partial charge in [0.1, 0.15) is 0 Å². The van der Waals surface area contributed by atoms with Gasteiger partial charge in [0.25, 0.3) is 0 Å².